The zero-order valence-electron chi connectivity index (χ0n) is 15.7. The molecule has 7 heteroatoms. The maximum Gasteiger partial charge on any atom is 0.332 e. The lowest BCUT2D eigenvalue weighted by Crippen LogP contribution is -2.42. The Kier molecular flexibility index (Phi) is 3.79. The van der Waals surface area contributed by atoms with Crippen LogP contribution < -0.4 is 16.6 Å². The zero-order valence-corrected chi connectivity index (χ0v) is 17.3. The van der Waals surface area contributed by atoms with E-state index in [1.165, 1.54) is 11.6 Å². The van der Waals surface area contributed by atoms with Crippen LogP contribution in [0.3, 0.4) is 0 Å². The zero-order chi connectivity index (χ0) is 20.4. The number of carbonyl (C=O) groups is 1. The predicted molar refractivity (Wildman–Crippen MR) is 114 cm³/mol. The number of fused-ring (bicyclic) bond motifs is 3. The van der Waals surface area contributed by atoms with Gasteiger partial charge in [-0.25, -0.2) is 4.79 Å². The van der Waals surface area contributed by atoms with E-state index < -0.39 is 17.2 Å². The lowest BCUT2D eigenvalue weighted by molar-refractivity contribution is 0.103. The SMILES string of the molecule is Cn1c2c(c(=O)n(C)c1=O)C(c1ccc(Br)cc1)C1=C(N2)c2ccccc2C1=O. The number of benzene rings is 2. The second kappa shape index (κ2) is 6.15. The van der Waals surface area contributed by atoms with Gasteiger partial charge in [0, 0.05) is 41.2 Å². The van der Waals surface area contributed by atoms with Crippen LogP contribution in [-0.2, 0) is 14.1 Å². The molecule has 1 N–H and O–H groups in total. The molecular formula is C22H16BrN3O3. The van der Waals surface area contributed by atoms with Crippen LogP contribution in [-0.4, -0.2) is 14.9 Å². The first-order valence-electron chi connectivity index (χ1n) is 9.10. The third-order valence-corrected chi connectivity index (χ3v) is 6.21. The molecule has 0 spiro atoms. The van der Waals surface area contributed by atoms with Crippen LogP contribution >= 0.6 is 15.9 Å². The second-order valence-electron chi connectivity index (χ2n) is 7.24. The summed E-state index contributed by atoms with van der Waals surface area (Å²) in [5.74, 6) is -0.244. The maximum atomic E-state index is 13.4. The molecule has 0 radical (unpaired) electrons. The van der Waals surface area contributed by atoms with E-state index in [9.17, 15) is 14.4 Å². The summed E-state index contributed by atoms with van der Waals surface area (Å²) >= 11 is 3.44. The highest BCUT2D eigenvalue weighted by molar-refractivity contribution is 9.10. The minimum Gasteiger partial charge on any atom is -0.340 e. The van der Waals surface area contributed by atoms with Gasteiger partial charge >= 0.3 is 5.69 Å². The molecule has 144 valence electrons. The summed E-state index contributed by atoms with van der Waals surface area (Å²) in [6.07, 6.45) is 0. The van der Waals surface area contributed by atoms with Crippen molar-refractivity contribution in [2.24, 2.45) is 14.1 Å². The van der Waals surface area contributed by atoms with Crippen molar-refractivity contribution in [2.45, 2.75) is 5.92 Å². The lowest BCUT2D eigenvalue weighted by atomic mass is 9.81. The van der Waals surface area contributed by atoms with E-state index in [0.717, 1.165) is 20.2 Å². The number of halogens is 1. The summed E-state index contributed by atoms with van der Waals surface area (Å²) in [7, 11) is 3.08. The number of Topliss-reactive ketones (excluding diaryl/α,β-unsaturated/α-hetero) is 1. The van der Waals surface area contributed by atoms with E-state index in [4.69, 9.17) is 0 Å². The Morgan fingerprint density at radius 2 is 1.55 bits per heavy atom. The Morgan fingerprint density at radius 1 is 0.897 bits per heavy atom. The first kappa shape index (κ1) is 17.9. The first-order chi connectivity index (χ1) is 13.9. The molecule has 2 aliphatic rings. The summed E-state index contributed by atoms with van der Waals surface area (Å²) < 4.78 is 3.42. The fourth-order valence-electron chi connectivity index (χ4n) is 4.25. The molecule has 1 atom stereocenters. The molecule has 0 saturated heterocycles. The van der Waals surface area contributed by atoms with Gasteiger partial charge in [0.2, 0.25) is 0 Å². The van der Waals surface area contributed by atoms with Gasteiger partial charge in [-0.1, -0.05) is 52.3 Å². The van der Waals surface area contributed by atoms with Gasteiger partial charge in [-0.05, 0) is 17.7 Å². The summed E-state index contributed by atoms with van der Waals surface area (Å²) in [5.41, 5.74) is 2.98. The Hall–Kier alpha value is -3.19. The van der Waals surface area contributed by atoms with Crippen LogP contribution in [0.1, 0.15) is 33.0 Å². The third kappa shape index (κ3) is 2.37. The number of nitrogens with one attached hydrogen (secondary N) is 1. The quantitative estimate of drug-likeness (QED) is 0.619. The van der Waals surface area contributed by atoms with E-state index in [1.54, 1.807) is 13.1 Å². The fourth-order valence-corrected chi connectivity index (χ4v) is 4.51. The molecule has 5 rings (SSSR count). The number of nitrogens with zero attached hydrogens (tertiary/aromatic N) is 2. The van der Waals surface area contributed by atoms with Crippen molar-refractivity contribution < 1.29 is 4.79 Å². The predicted octanol–water partition coefficient (Wildman–Crippen LogP) is 3.01. The molecular weight excluding hydrogens is 434 g/mol. The van der Waals surface area contributed by atoms with E-state index in [-0.39, 0.29) is 5.78 Å². The molecule has 1 aliphatic carbocycles. The van der Waals surface area contributed by atoms with Gasteiger partial charge in [-0.2, -0.15) is 0 Å². The van der Waals surface area contributed by atoms with Gasteiger partial charge in [-0.15, -0.1) is 0 Å². The summed E-state index contributed by atoms with van der Waals surface area (Å²) in [6.45, 7) is 0. The number of hydrogen-bond acceptors (Lipinski definition) is 4. The molecule has 1 aromatic heterocycles. The Labute approximate surface area is 174 Å². The van der Waals surface area contributed by atoms with Crippen molar-refractivity contribution in [2.75, 3.05) is 5.32 Å². The van der Waals surface area contributed by atoms with Crippen LogP contribution in [0.15, 0.2) is 68.2 Å². The number of ketones is 1. The highest BCUT2D eigenvalue weighted by Crippen LogP contribution is 2.47. The van der Waals surface area contributed by atoms with Gasteiger partial charge in [0.05, 0.1) is 11.3 Å². The highest BCUT2D eigenvalue weighted by atomic mass is 79.9. The summed E-state index contributed by atoms with van der Waals surface area (Å²) in [5, 5.41) is 3.23. The standard InChI is InChI=1S/C22H16BrN3O3/c1-25-20-17(21(28)26(2)22(25)29)15(11-7-9-12(23)10-8-11)16-18(24-20)13-5-3-4-6-14(13)19(16)27/h3-10,15,24H,1-2H3. The minimum atomic E-state index is -0.570. The van der Waals surface area contributed by atoms with Crippen molar-refractivity contribution in [3.63, 3.8) is 0 Å². The number of allylic oxidation sites excluding steroid dienone is 1. The van der Waals surface area contributed by atoms with E-state index >= 15 is 0 Å². The monoisotopic (exact) mass is 449 g/mol. The summed E-state index contributed by atoms with van der Waals surface area (Å²) in [6, 6.07) is 14.9. The van der Waals surface area contributed by atoms with Gasteiger partial charge < -0.3 is 5.32 Å². The minimum absolute atomic E-state index is 0.0995. The molecule has 2 aromatic carbocycles. The van der Waals surface area contributed by atoms with Crippen molar-refractivity contribution >= 4 is 33.2 Å². The molecule has 6 nitrogen and oxygen atoms in total. The van der Waals surface area contributed by atoms with Crippen molar-refractivity contribution in [3.8, 4) is 0 Å². The molecule has 29 heavy (non-hydrogen) atoms. The molecule has 0 bridgehead atoms. The number of rotatable bonds is 1. The average molecular weight is 450 g/mol. The number of hydrogen-bond donors (Lipinski definition) is 1. The smallest absolute Gasteiger partial charge is 0.332 e. The van der Waals surface area contributed by atoms with Gasteiger partial charge in [-0.3, -0.25) is 18.7 Å². The molecule has 3 aromatic rings. The average Bonchev–Trinajstić information content (AvgIpc) is 3.02. The molecule has 0 saturated carbocycles. The number of anilines is 1. The van der Waals surface area contributed by atoms with Gasteiger partial charge in [0.25, 0.3) is 5.56 Å². The van der Waals surface area contributed by atoms with E-state index in [2.05, 4.69) is 21.2 Å². The molecule has 0 amide bonds. The Bertz CT molecular complexity index is 1360. The number of carbonyl (C=O) groups excluding carboxylic acids is 1. The molecule has 1 aliphatic heterocycles. The van der Waals surface area contributed by atoms with Crippen molar-refractivity contribution in [3.05, 3.63) is 102 Å². The topological polar surface area (TPSA) is 73.1 Å². The fraction of sp³-hybridized carbons (Fsp3) is 0.136. The largest absolute Gasteiger partial charge is 0.340 e. The third-order valence-electron chi connectivity index (χ3n) is 5.68. The van der Waals surface area contributed by atoms with Crippen LogP contribution in [0.4, 0.5) is 5.82 Å². The summed E-state index contributed by atoms with van der Waals surface area (Å²) in [4.78, 5) is 39.1. The van der Waals surface area contributed by atoms with Gasteiger partial charge in [0.15, 0.2) is 5.78 Å². The van der Waals surface area contributed by atoms with Crippen LogP contribution in [0.2, 0.25) is 0 Å². The molecule has 1 unspecified atom stereocenters. The maximum absolute atomic E-state index is 13.4. The number of aromatic nitrogens is 2. The lowest BCUT2D eigenvalue weighted by Gasteiger charge is -2.29. The van der Waals surface area contributed by atoms with Crippen LogP contribution in [0.5, 0.6) is 0 Å². The normalized spacial score (nSPS) is 16.9. The Morgan fingerprint density at radius 3 is 2.24 bits per heavy atom. The van der Waals surface area contributed by atoms with Crippen LogP contribution in [0, 0.1) is 0 Å². The molecule has 2 heterocycles. The van der Waals surface area contributed by atoms with Crippen molar-refractivity contribution in [1.29, 1.82) is 0 Å². The second-order valence-corrected chi connectivity index (χ2v) is 8.16. The molecule has 0 fully saturated rings. The van der Waals surface area contributed by atoms with E-state index in [1.807, 2.05) is 42.5 Å². The van der Waals surface area contributed by atoms with Crippen molar-refractivity contribution in [1.82, 2.24) is 9.13 Å². The van der Waals surface area contributed by atoms with Crippen LogP contribution in [0.25, 0.3) is 5.70 Å². The Balaban J connectivity index is 1.89. The van der Waals surface area contributed by atoms with Gasteiger partial charge in [0.1, 0.15) is 5.82 Å². The highest BCUT2D eigenvalue weighted by Gasteiger charge is 2.42. The van der Waals surface area contributed by atoms with E-state index in [0.29, 0.717) is 28.2 Å². The first-order valence-corrected chi connectivity index (χ1v) is 9.90.